The highest BCUT2D eigenvalue weighted by Gasteiger charge is 2.08. The van der Waals surface area contributed by atoms with Crippen molar-refractivity contribution < 1.29 is 29.3 Å². The Morgan fingerprint density at radius 3 is 1.47 bits per heavy atom. The third-order valence-corrected chi connectivity index (χ3v) is 7.25. The van der Waals surface area contributed by atoms with Gasteiger partial charge in [-0.1, -0.05) is 6.07 Å². The van der Waals surface area contributed by atoms with E-state index in [-0.39, 0.29) is 13.2 Å². The van der Waals surface area contributed by atoms with Gasteiger partial charge in [0, 0.05) is 48.5 Å². The van der Waals surface area contributed by atoms with E-state index < -0.39 is 11.9 Å². The molecule has 11 heteroatoms. The Kier molecular flexibility index (Phi) is 11.4. The van der Waals surface area contributed by atoms with Gasteiger partial charge < -0.3 is 29.5 Å². The molecule has 0 fully saturated rings. The number of carboxylic acids is 2. The van der Waals surface area contributed by atoms with Crippen LogP contribution < -0.4 is 19.3 Å². The number of aromatic nitrogens is 1. The van der Waals surface area contributed by atoms with Gasteiger partial charge in [0.15, 0.2) is 13.2 Å². The number of carboxylic acid groups (broad SMARTS) is 2. The molecule has 0 saturated heterocycles. The summed E-state index contributed by atoms with van der Waals surface area (Å²) in [5, 5.41) is 17.4. The van der Waals surface area contributed by atoms with Gasteiger partial charge >= 0.3 is 11.9 Å². The number of nitrogens with zero attached hydrogens (tertiary/aromatic N) is 3. The maximum atomic E-state index is 10.6. The predicted octanol–water partition coefficient (Wildman–Crippen LogP) is 4.47. The van der Waals surface area contributed by atoms with Gasteiger partial charge in [-0.3, -0.25) is 0 Å². The van der Waals surface area contributed by atoms with Crippen molar-refractivity contribution in [2.24, 2.45) is 0 Å². The fourth-order valence-corrected chi connectivity index (χ4v) is 5.08. The highest BCUT2D eigenvalue weighted by Crippen LogP contribution is 2.24. The Hall–Kier alpha value is -3.57. The second-order valence-electron chi connectivity index (χ2n) is 8.20. The zero-order chi connectivity index (χ0) is 27.3. The number of aliphatic carboxylic acids is 2. The minimum Gasteiger partial charge on any atom is -0.482 e. The van der Waals surface area contributed by atoms with E-state index in [9.17, 15) is 9.59 Å². The summed E-state index contributed by atoms with van der Waals surface area (Å²) in [4.78, 5) is 32.4. The minimum atomic E-state index is -0.997. The maximum absolute atomic E-state index is 10.6. The molecule has 0 aliphatic rings. The minimum absolute atomic E-state index is 0.349. The predicted molar refractivity (Wildman–Crippen MR) is 151 cm³/mol. The zero-order valence-corrected chi connectivity index (χ0v) is 22.9. The summed E-state index contributed by atoms with van der Waals surface area (Å²) in [5.41, 5.74) is 0. The summed E-state index contributed by atoms with van der Waals surface area (Å²) in [6, 6.07) is 20.8. The summed E-state index contributed by atoms with van der Waals surface area (Å²) in [6.07, 6.45) is 0. The molecule has 9 nitrogen and oxygen atoms in total. The van der Waals surface area contributed by atoms with Crippen molar-refractivity contribution in [2.75, 3.05) is 61.7 Å². The molecular formula is C27H31N3O6S2. The Balaban J connectivity index is 1.41. The van der Waals surface area contributed by atoms with Crippen LogP contribution >= 0.6 is 23.5 Å². The van der Waals surface area contributed by atoms with Crippen molar-refractivity contribution >= 4 is 47.1 Å². The van der Waals surface area contributed by atoms with Crippen molar-refractivity contribution in [1.82, 2.24) is 4.98 Å². The smallest absolute Gasteiger partial charge is 0.341 e. The van der Waals surface area contributed by atoms with Crippen LogP contribution in [0.25, 0.3) is 0 Å². The Labute approximate surface area is 230 Å². The van der Waals surface area contributed by atoms with E-state index in [2.05, 4.69) is 9.80 Å². The lowest BCUT2D eigenvalue weighted by molar-refractivity contribution is -0.140. The van der Waals surface area contributed by atoms with Crippen LogP contribution in [-0.4, -0.2) is 79.0 Å². The normalized spacial score (nSPS) is 10.6. The SMILES string of the molecule is CN(CCSc1ccc(OCC(=O)O)cc1)c1cccc(N(C)CCSc2ccc(OCC(=O)O)cc2)n1. The van der Waals surface area contributed by atoms with E-state index in [4.69, 9.17) is 24.7 Å². The van der Waals surface area contributed by atoms with Crippen LogP contribution in [0.15, 0.2) is 76.5 Å². The van der Waals surface area contributed by atoms with Crippen LogP contribution in [0.2, 0.25) is 0 Å². The summed E-state index contributed by atoms with van der Waals surface area (Å²) in [7, 11) is 4.05. The molecule has 0 saturated carbocycles. The van der Waals surface area contributed by atoms with Crippen molar-refractivity contribution in [3.8, 4) is 11.5 Å². The van der Waals surface area contributed by atoms with Crippen molar-refractivity contribution in [1.29, 1.82) is 0 Å². The fourth-order valence-electron chi connectivity index (χ4n) is 3.22. The quantitative estimate of drug-likeness (QED) is 0.243. The number of hydrogen-bond donors (Lipinski definition) is 2. The van der Waals surface area contributed by atoms with E-state index >= 15 is 0 Å². The number of rotatable bonds is 16. The van der Waals surface area contributed by atoms with E-state index in [1.807, 2.05) is 56.6 Å². The first-order valence-corrected chi connectivity index (χ1v) is 13.8. The van der Waals surface area contributed by atoms with E-state index in [0.717, 1.165) is 46.0 Å². The Morgan fingerprint density at radius 1 is 0.711 bits per heavy atom. The molecule has 202 valence electrons. The van der Waals surface area contributed by atoms with Gasteiger partial charge in [-0.15, -0.1) is 23.5 Å². The molecule has 1 aromatic heterocycles. The average Bonchev–Trinajstić information content (AvgIpc) is 2.92. The largest absolute Gasteiger partial charge is 0.482 e. The number of thioether (sulfide) groups is 2. The van der Waals surface area contributed by atoms with Gasteiger partial charge in [-0.05, 0) is 60.7 Å². The molecule has 0 atom stereocenters. The van der Waals surface area contributed by atoms with Gasteiger partial charge in [-0.25, -0.2) is 14.6 Å². The van der Waals surface area contributed by atoms with Crippen molar-refractivity contribution in [3.05, 3.63) is 66.7 Å². The van der Waals surface area contributed by atoms with E-state index in [0.29, 0.717) is 11.5 Å². The van der Waals surface area contributed by atoms with Crippen LogP contribution in [0, 0.1) is 0 Å². The maximum Gasteiger partial charge on any atom is 0.341 e. The molecule has 3 rings (SSSR count). The molecule has 3 aromatic rings. The zero-order valence-electron chi connectivity index (χ0n) is 21.3. The monoisotopic (exact) mass is 557 g/mol. The molecule has 0 radical (unpaired) electrons. The standard InChI is InChI=1S/C27H31N3O6S2/c1-29(14-16-37-22-10-6-20(7-11-22)35-18-26(31)32)24-4-3-5-25(28-24)30(2)15-17-38-23-12-8-21(9-13-23)36-19-27(33)34/h3-13H,14-19H2,1-2H3,(H,31,32)(H,33,34). The number of pyridine rings is 1. The second-order valence-corrected chi connectivity index (χ2v) is 10.5. The third-order valence-electron chi connectivity index (χ3n) is 5.26. The molecular weight excluding hydrogens is 526 g/mol. The molecule has 0 spiro atoms. The van der Waals surface area contributed by atoms with E-state index in [1.165, 1.54) is 0 Å². The molecule has 0 amide bonds. The lowest BCUT2D eigenvalue weighted by Crippen LogP contribution is -2.24. The average molecular weight is 558 g/mol. The summed E-state index contributed by atoms with van der Waals surface area (Å²) < 4.78 is 10.3. The lowest BCUT2D eigenvalue weighted by Gasteiger charge is -2.22. The molecule has 0 aliphatic heterocycles. The van der Waals surface area contributed by atoms with E-state index in [1.54, 1.807) is 47.8 Å². The van der Waals surface area contributed by atoms with Gasteiger partial charge in [-0.2, -0.15) is 0 Å². The Bertz CT molecular complexity index is 1090. The first-order chi connectivity index (χ1) is 18.3. The number of carbonyl (C=O) groups is 2. The molecule has 2 N–H and O–H groups in total. The topological polar surface area (TPSA) is 112 Å². The first-order valence-electron chi connectivity index (χ1n) is 11.8. The lowest BCUT2D eigenvalue weighted by atomic mass is 10.3. The van der Waals surface area contributed by atoms with Crippen molar-refractivity contribution in [2.45, 2.75) is 9.79 Å². The highest BCUT2D eigenvalue weighted by atomic mass is 32.2. The Morgan fingerprint density at radius 2 is 1.11 bits per heavy atom. The van der Waals surface area contributed by atoms with Gasteiger partial charge in [0.05, 0.1) is 0 Å². The molecule has 0 unspecified atom stereocenters. The summed E-state index contributed by atoms with van der Waals surface area (Å²) in [6.45, 7) is 0.922. The third kappa shape index (κ3) is 10.1. The summed E-state index contributed by atoms with van der Waals surface area (Å²) >= 11 is 3.42. The molecule has 2 aromatic carbocycles. The molecule has 1 heterocycles. The fraction of sp³-hybridized carbons (Fsp3) is 0.296. The molecule has 38 heavy (non-hydrogen) atoms. The van der Waals surface area contributed by atoms with Crippen LogP contribution in [0.4, 0.5) is 11.6 Å². The van der Waals surface area contributed by atoms with Crippen molar-refractivity contribution in [3.63, 3.8) is 0 Å². The molecule has 0 bridgehead atoms. The number of anilines is 2. The van der Waals surface area contributed by atoms with Crippen LogP contribution in [0.1, 0.15) is 0 Å². The van der Waals surface area contributed by atoms with Gasteiger partial charge in [0.25, 0.3) is 0 Å². The van der Waals surface area contributed by atoms with Crippen LogP contribution in [0.5, 0.6) is 11.5 Å². The first kappa shape index (κ1) is 29.0. The van der Waals surface area contributed by atoms with Gasteiger partial charge in [0.1, 0.15) is 23.1 Å². The number of hydrogen-bond acceptors (Lipinski definition) is 9. The van der Waals surface area contributed by atoms with Gasteiger partial charge in [0.2, 0.25) is 0 Å². The molecule has 0 aliphatic carbocycles. The highest BCUT2D eigenvalue weighted by molar-refractivity contribution is 7.99. The number of benzene rings is 2. The second kappa shape index (κ2) is 15.0. The van der Waals surface area contributed by atoms with Crippen LogP contribution in [-0.2, 0) is 9.59 Å². The number of ether oxygens (including phenoxy) is 2. The van der Waals surface area contributed by atoms with Crippen LogP contribution in [0.3, 0.4) is 0 Å². The summed E-state index contributed by atoms with van der Waals surface area (Å²) in [5.74, 6) is 2.62.